The Hall–Kier alpha value is -10.5. The van der Waals surface area contributed by atoms with Gasteiger partial charge in [-0.25, -0.2) is 0 Å². The van der Waals surface area contributed by atoms with E-state index in [4.69, 9.17) is 0 Å². The monoisotopic (exact) mass is 1080 g/mol. The Balaban J connectivity index is 0.990. The summed E-state index contributed by atoms with van der Waals surface area (Å²) in [6.07, 6.45) is 3.09. The molecule has 12 heteroatoms. The Morgan fingerprint density at radius 1 is 0.561 bits per heavy atom. The van der Waals surface area contributed by atoms with Crippen molar-refractivity contribution in [3.63, 3.8) is 0 Å². The molecule has 3 heterocycles. The van der Waals surface area contributed by atoms with Crippen molar-refractivity contribution in [3.05, 3.63) is 255 Å². The number of azide groups is 1. The molecule has 1 amide bonds. The van der Waals surface area contributed by atoms with Gasteiger partial charge in [-0.2, -0.15) is 15.8 Å². The first-order valence-corrected chi connectivity index (χ1v) is 28.2. The second-order valence-electron chi connectivity index (χ2n) is 20.9. The summed E-state index contributed by atoms with van der Waals surface area (Å²) in [5, 5.41) is 36.8. The van der Waals surface area contributed by atoms with E-state index in [1.54, 1.807) is 17.8 Å². The summed E-state index contributed by atoms with van der Waals surface area (Å²) in [5.74, 6) is -0.540. The fraction of sp³-hybridized carbons (Fsp3) is 0.114. The Labute approximate surface area is 477 Å². The smallest absolute Gasteiger partial charge is 0.253 e. The summed E-state index contributed by atoms with van der Waals surface area (Å²) in [7, 11) is 0. The molecule has 11 nitrogen and oxygen atoms in total. The molecule has 0 bridgehead atoms. The summed E-state index contributed by atoms with van der Waals surface area (Å²) in [5.41, 5.74) is 25.2. The van der Waals surface area contributed by atoms with Gasteiger partial charge < -0.3 is 18.9 Å². The molecule has 0 saturated carbocycles. The highest BCUT2D eigenvalue weighted by Gasteiger charge is 2.51. The zero-order valence-electron chi connectivity index (χ0n) is 44.7. The number of aromatic nitrogens is 2. The third-order valence-electron chi connectivity index (χ3n) is 16.9. The van der Waals surface area contributed by atoms with Crippen LogP contribution in [0.3, 0.4) is 0 Å². The molecule has 0 radical (unpaired) electrons. The minimum atomic E-state index is -1.95. The van der Waals surface area contributed by atoms with Crippen molar-refractivity contribution in [1.82, 2.24) is 9.13 Å². The van der Waals surface area contributed by atoms with E-state index < -0.39 is 16.7 Å². The molecule has 1 spiro atoms. The second kappa shape index (κ2) is 19.4. The van der Waals surface area contributed by atoms with Crippen LogP contribution in [0.25, 0.3) is 60.4 Å². The van der Waals surface area contributed by atoms with E-state index in [2.05, 4.69) is 213 Å². The molecule has 11 aromatic rings. The standard InChI is InChI=1S/C70H48N10OS/c1-3-77-62-31-23-44(68(81)75-76-74)35-54(62)56-37-48(27-33-64(56)77)79(46-15-7-5-8-16-46)50-25-29-52-53-30-26-51(40-61(53)70(60(52)39-50)58-19-11-13-21-66(58)82-67-22-14-12-20-59(67)70)80(47-17-9-6-10-18-47)49-28-34-65-57(38-49)55-36-45(69(41-71,42-72)43-73)24-32-63(55)78(65)4-2/h5-22,24-30,32-40H,3-4,23,31H2,1-2H3. The zero-order valence-corrected chi connectivity index (χ0v) is 45.6. The van der Waals surface area contributed by atoms with Crippen LogP contribution < -0.4 is 9.80 Å². The van der Waals surface area contributed by atoms with Crippen molar-refractivity contribution in [2.45, 2.75) is 60.4 Å². The van der Waals surface area contributed by atoms with Crippen LogP contribution in [0, 0.1) is 34.0 Å². The van der Waals surface area contributed by atoms with Crippen LogP contribution in [0.4, 0.5) is 34.1 Å². The van der Waals surface area contributed by atoms with E-state index in [1.807, 2.05) is 48.5 Å². The molecule has 2 aliphatic carbocycles. The quantitative estimate of drug-likeness (QED) is 0.0750. The van der Waals surface area contributed by atoms with E-state index in [0.717, 1.165) is 107 Å². The minimum Gasteiger partial charge on any atom is -0.344 e. The largest absolute Gasteiger partial charge is 0.344 e. The fourth-order valence-electron chi connectivity index (χ4n) is 13.4. The molecule has 2 aromatic heterocycles. The van der Waals surface area contributed by atoms with E-state index in [-0.39, 0.29) is 0 Å². The van der Waals surface area contributed by atoms with Crippen LogP contribution >= 0.6 is 11.8 Å². The number of nitrogens with zero attached hydrogens (tertiary/aromatic N) is 10. The first kappa shape index (κ1) is 49.7. The van der Waals surface area contributed by atoms with Crippen LogP contribution in [0.1, 0.15) is 59.3 Å². The first-order chi connectivity index (χ1) is 40.3. The van der Waals surface area contributed by atoms with Crippen molar-refractivity contribution in [2.75, 3.05) is 9.80 Å². The zero-order chi connectivity index (χ0) is 55.9. The van der Waals surface area contributed by atoms with Crippen LogP contribution in [0.15, 0.2) is 221 Å². The van der Waals surface area contributed by atoms with Crippen molar-refractivity contribution >= 4 is 90.6 Å². The third kappa shape index (κ3) is 7.28. The minimum absolute atomic E-state index is 0.346. The maximum atomic E-state index is 13.0. The van der Waals surface area contributed by atoms with Crippen molar-refractivity contribution in [2.24, 2.45) is 5.11 Å². The molecule has 9 aromatic carbocycles. The molecule has 0 saturated heterocycles. The van der Waals surface area contributed by atoms with Gasteiger partial charge >= 0.3 is 0 Å². The number of para-hydroxylation sites is 2. The normalized spacial score (nSPS) is 13.4. The molecule has 82 heavy (non-hydrogen) atoms. The number of anilines is 6. The first-order valence-electron chi connectivity index (χ1n) is 27.4. The average molecular weight is 1080 g/mol. The van der Waals surface area contributed by atoms with Crippen molar-refractivity contribution < 1.29 is 4.79 Å². The van der Waals surface area contributed by atoms with E-state index in [1.165, 1.54) is 20.9 Å². The van der Waals surface area contributed by atoms with E-state index >= 15 is 0 Å². The predicted molar refractivity (Wildman–Crippen MR) is 326 cm³/mol. The molecule has 14 rings (SSSR count). The van der Waals surface area contributed by atoms with Crippen LogP contribution in [-0.4, -0.2) is 15.0 Å². The number of carbonyl (C=O) groups is 1. The Bertz CT molecular complexity index is 4660. The van der Waals surface area contributed by atoms with Crippen molar-refractivity contribution in [3.8, 4) is 29.3 Å². The van der Waals surface area contributed by atoms with Gasteiger partial charge in [-0.15, -0.1) is 0 Å². The third-order valence-corrected chi connectivity index (χ3v) is 18.1. The average Bonchev–Trinajstić information content (AvgIpc) is 3.74. The van der Waals surface area contributed by atoms with Gasteiger partial charge in [0.2, 0.25) is 5.91 Å². The summed E-state index contributed by atoms with van der Waals surface area (Å²) in [6.45, 7) is 5.70. The van der Waals surface area contributed by atoms with E-state index in [9.17, 15) is 26.1 Å². The molecule has 390 valence electrons. The SMILES string of the molecule is CCn1c2c(c3cc(N(c4ccccc4)c4ccc5c(c4)C4(c6ccccc6Sc6ccccc64)c4cc(N(c6ccccc6)c6ccc7c(c6)c6cc(C(C#N)(C#N)C#N)ccc6n7CC)ccc4-5)ccc31)C=C(C(=O)N=[N+]=[N-])CC2. The van der Waals surface area contributed by atoms with Gasteiger partial charge in [0.1, 0.15) is 18.2 Å². The van der Waals surface area contributed by atoms with Crippen molar-refractivity contribution in [1.29, 1.82) is 15.8 Å². The molecule has 0 fully saturated rings. The number of rotatable bonds is 10. The summed E-state index contributed by atoms with van der Waals surface area (Å²) in [4.78, 5) is 22.9. The summed E-state index contributed by atoms with van der Waals surface area (Å²) >= 11 is 1.81. The number of benzene rings is 9. The predicted octanol–water partition coefficient (Wildman–Crippen LogP) is 17.5. The molecule has 0 N–H and O–H groups in total. The Morgan fingerprint density at radius 2 is 1.04 bits per heavy atom. The van der Waals surface area contributed by atoms with Crippen LogP contribution in [0.5, 0.6) is 0 Å². The fourth-order valence-corrected chi connectivity index (χ4v) is 14.6. The number of fused-ring (bicyclic) bond motifs is 15. The van der Waals surface area contributed by atoms with Gasteiger partial charge in [-0.1, -0.05) is 103 Å². The lowest BCUT2D eigenvalue weighted by molar-refractivity contribution is -0.114. The maximum Gasteiger partial charge on any atom is 0.253 e. The highest BCUT2D eigenvalue weighted by molar-refractivity contribution is 7.99. The summed E-state index contributed by atoms with van der Waals surface area (Å²) < 4.78 is 4.57. The number of amides is 1. The Morgan fingerprint density at radius 3 is 1.57 bits per heavy atom. The van der Waals surface area contributed by atoms with Gasteiger partial charge in [0.05, 0.1) is 5.41 Å². The lowest BCUT2D eigenvalue weighted by Gasteiger charge is -2.40. The second-order valence-corrected chi connectivity index (χ2v) is 22.0. The lowest BCUT2D eigenvalue weighted by atomic mass is 9.67. The molecular weight excluding hydrogens is 1030 g/mol. The van der Waals surface area contributed by atoms with Gasteiger partial charge in [-0.3, -0.25) is 4.79 Å². The number of carbonyl (C=O) groups excluding carboxylic acids is 1. The van der Waals surface area contributed by atoms with Gasteiger partial charge in [0, 0.05) is 117 Å². The molecule has 0 atom stereocenters. The number of nitriles is 3. The number of hydrogen-bond acceptors (Lipinski definition) is 7. The maximum absolute atomic E-state index is 13.0. The van der Waals surface area contributed by atoms with Crippen LogP contribution in [0.2, 0.25) is 0 Å². The van der Waals surface area contributed by atoms with Gasteiger partial charge in [0.15, 0.2) is 0 Å². The molecular formula is C70H48N10OS. The molecule has 3 aliphatic rings. The Kier molecular flexibility index (Phi) is 11.8. The topological polar surface area (TPSA) is 154 Å². The highest BCUT2D eigenvalue weighted by Crippen LogP contribution is 2.63. The number of hydrogen-bond donors (Lipinski definition) is 0. The highest BCUT2D eigenvalue weighted by atomic mass is 32.2. The molecule has 1 aliphatic heterocycles. The lowest BCUT2D eigenvalue weighted by Crippen LogP contribution is -2.32. The van der Waals surface area contributed by atoms with Gasteiger partial charge in [0.25, 0.3) is 5.41 Å². The molecule has 0 unspecified atom stereocenters. The van der Waals surface area contributed by atoms with E-state index in [0.29, 0.717) is 30.5 Å². The summed E-state index contributed by atoms with van der Waals surface area (Å²) in [6, 6.07) is 77.0. The van der Waals surface area contributed by atoms with Crippen LogP contribution in [-0.2, 0) is 35.1 Å². The van der Waals surface area contributed by atoms with Gasteiger partial charge in [-0.05, 0) is 186 Å². The number of aryl methyl sites for hydroxylation is 2.